The van der Waals surface area contributed by atoms with E-state index in [1.807, 2.05) is 12.1 Å². The molecule has 1 heterocycles. The summed E-state index contributed by atoms with van der Waals surface area (Å²) in [6, 6.07) is 7.19. The van der Waals surface area contributed by atoms with E-state index in [9.17, 15) is 9.59 Å². The first-order valence-corrected chi connectivity index (χ1v) is 5.18. The molecule has 2 rings (SSSR count). The van der Waals surface area contributed by atoms with Crippen molar-refractivity contribution in [1.29, 1.82) is 0 Å². The summed E-state index contributed by atoms with van der Waals surface area (Å²) in [7, 11) is 0. The molecule has 84 valence electrons. The summed E-state index contributed by atoms with van der Waals surface area (Å²) in [6.07, 6.45) is 0.355. The summed E-state index contributed by atoms with van der Waals surface area (Å²) in [5, 5.41) is 0. The van der Waals surface area contributed by atoms with Crippen molar-refractivity contribution in [3.63, 3.8) is 0 Å². The van der Waals surface area contributed by atoms with E-state index in [1.165, 1.54) is 0 Å². The van der Waals surface area contributed by atoms with Crippen LogP contribution in [0.3, 0.4) is 0 Å². The highest BCUT2D eigenvalue weighted by Gasteiger charge is 2.35. The van der Waals surface area contributed by atoms with E-state index < -0.39 is 17.9 Å². The third kappa shape index (κ3) is 1.91. The molecule has 0 saturated carbocycles. The predicted octanol–water partition coefficient (Wildman–Crippen LogP) is 1.33. The van der Waals surface area contributed by atoms with Crippen molar-refractivity contribution in [3.05, 3.63) is 29.8 Å². The van der Waals surface area contributed by atoms with Crippen LogP contribution in [0.1, 0.15) is 12.5 Å². The van der Waals surface area contributed by atoms with Crippen molar-refractivity contribution < 1.29 is 19.1 Å². The fourth-order valence-corrected chi connectivity index (χ4v) is 1.68. The first kappa shape index (κ1) is 10.7. The Morgan fingerprint density at radius 2 is 2.25 bits per heavy atom. The van der Waals surface area contributed by atoms with Gasteiger partial charge in [-0.15, -0.1) is 0 Å². The molecule has 1 aliphatic heterocycles. The number of ether oxygens (including phenoxy) is 2. The van der Waals surface area contributed by atoms with Gasteiger partial charge in [-0.25, -0.2) is 0 Å². The number of hydrogen-bond acceptors (Lipinski definition) is 4. The molecular weight excluding hydrogens is 208 g/mol. The van der Waals surface area contributed by atoms with Gasteiger partial charge in [0.15, 0.2) is 5.92 Å². The average molecular weight is 220 g/mol. The minimum Gasteiger partial charge on any atom is -0.465 e. The molecule has 0 N–H and O–H groups in total. The predicted molar refractivity (Wildman–Crippen MR) is 55.9 cm³/mol. The van der Waals surface area contributed by atoms with Gasteiger partial charge in [-0.05, 0) is 18.6 Å². The molecule has 0 bridgehead atoms. The second-order valence-corrected chi connectivity index (χ2v) is 3.54. The van der Waals surface area contributed by atoms with Crippen LogP contribution in [0.25, 0.3) is 0 Å². The lowest BCUT2D eigenvalue weighted by atomic mass is 9.96. The second-order valence-electron chi connectivity index (χ2n) is 3.54. The van der Waals surface area contributed by atoms with Crippen LogP contribution in [0.5, 0.6) is 5.75 Å². The van der Waals surface area contributed by atoms with Crippen molar-refractivity contribution in [2.45, 2.75) is 13.3 Å². The Morgan fingerprint density at radius 1 is 1.50 bits per heavy atom. The van der Waals surface area contributed by atoms with Crippen LogP contribution in [-0.4, -0.2) is 18.5 Å². The Labute approximate surface area is 93.2 Å². The van der Waals surface area contributed by atoms with E-state index in [4.69, 9.17) is 9.47 Å². The molecule has 4 nitrogen and oxygen atoms in total. The SMILES string of the molecule is CCOC(=O)[C@H]1Cc2ccccc2OC1=O. The molecule has 4 heteroatoms. The highest BCUT2D eigenvalue weighted by atomic mass is 16.6. The zero-order chi connectivity index (χ0) is 11.5. The molecule has 0 saturated heterocycles. The Morgan fingerprint density at radius 3 is 3.00 bits per heavy atom. The normalized spacial score (nSPS) is 18.6. The lowest BCUT2D eigenvalue weighted by Crippen LogP contribution is -2.34. The topological polar surface area (TPSA) is 52.6 Å². The first-order chi connectivity index (χ1) is 7.72. The van der Waals surface area contributed by atoms with Crippen molar-refractivity contribution in [3.8, 4) is 5.75 Å². The van der Waals surface area contributed by atoms with Crippen LogP contribution in [0, 0.1) is 5.92 Å². The minimum absolute atomic E-state index is 0.268. The van der Waals surface area contributed by atoms with Crippen LogP contribution in [0.2, 0.25) is 0 Å². The van der Waals surface area contributed by atoms with Gasteiger partial charge in [0.2, 0.25) is 0 Å². The van der Waals surface area contributed by atoms with Crippen LogP contribution < -0.4 is 4.74 Å². The maximum atomic E-state index is 11.6. The van der Waals surface area contributed by atoms with Gasteiger partial charge >= 0.3 is 11.9 Å². The largest absolute Gasteiger partial charge is 0.465 e. The second kappa shape index (κ2) is 4.35. The Hall–Kier alpha value is -1.84. The molecule has 1 atom stereocenters. The van der Waals surface area contributed by atoms with Gasteiger partial charge in [0.05, 0.1) is 6.61 Å². The fourth-order valence-electron chi connectivity index (χ4n) is 1.68. The van der Waals surface area contributed by atoms with Gasteiger partial charge in [0, 0.05) is 6.42 Å². The molecule has 0 unspecified atom stereocenters. The number of esters is 2. The van der Waals surface area contributed by atoms with Gasteiger partial charge in [0.1, 0.15) is 5.75 Å². The summed E-state index contributed by atoms with van der Waals surface area (Å²) in [4.78, 5) is 23.0. The zero-order valence-electron chi connectivity index (χ0n) is 8.93. The average Bonchev–Trinajstić information content (AvgIpc) is 2.28. The maximum Gasteiger partial charge on any atom is 0.326 e. The number of rotatable bonds is 2. The van der Waals surface area contributed by atoms with E-state index in [0.717, 1.165) is 5.56 Å². The minimum atomic E-state index is -0.824. The number of carbonyl (C=O) groups is 2. The van der Waals surface area contributed by atoms with Crippen molar-refractivity contribution >= 4 is 11.9 Å². The lowest BCUT2D eigenvalue weighted by molar-refractivity contribution is -0.157. The summed E-state index contributed by atoms with van der Waals surface area (Å²) in [6.45, 7) is 1.98. The quantitative estimate of drug-likeness (QED) is 0.428. The highest BCUT2D eigenvalue weighted by Crippen LogP contribution is 2.28. The molecular formula is C12H12O4. The number of para-hydroxylation sites is 1. The van der Waals surface area contributed by atoms with Crippen LogP contribution in [0.15, 0.2) is 24.3 Å². The Bertz CT molecular complexity index is 425. The number of carbonyl (C=O) groups excluding carboxylic acids is 2. The van der Waals surface area contributed by atoms with Crippen molar-refractivity contribution in [1.82, 2.24) is 0 Å². The number of fused-ring (bicyclic) bond motifs is 1. The molecule has 0 fully saturated rings. The first-order valence-electron chi connectivity index (χ1n) is 5.18. The number of hydrogen-bond donors (Lipinski definition) is 0. The van der Waals surface area contributed by atoms with Crippen molar-refractivity contribution in [2.24, 2.45) is 5.92 Å². The van der Waals surface area contributed by atoms with Gasteiger partial charge < -0.3 is 9.47 Å². The third-order valence-electron chi connectivity index (χ3n) is 2.46. The molecule has 0 amide bonds. The van der Waals surface area contributed by atoms with E-state index in [0.29, 0.717) is 12.2 Å². The summed E-state index contributed by atoms with van der Waals surface area (Å²) in [5.41, 5.74) is 0.861. The summed E-state index contributed by atoms with van der Waals surface area (Å²) < 4.78 is 9.90. The highest BCUT2D eigenvalue weighted by molar-refractivity contribution is 5.97. The lowest BCUT2D eigenvalue weighted by Gasteiger charge is -2.21. The molecule has 16 heavy (non-hydrogen) atoms. The molecule has 1 aliphatic rings. The van der Waals surface area contributed by atoms with Gasteiger partial charge in [0.25, 0.3) is 0 Å². The Balaban J connectivity index is 2.21. The monoisotopic (exact) mass is 220 g/mol. The van der Waals surface area contributed by atoms with Crippen LogP contribution >= 0.6 is 0 Å². The summed E-state index contributed by atoms with van der Waals surface area (Å²) in [5.74, 6) is -1.33. The van der Waals surface area contributed by atoms with Crippen LogP contribution in [0.4, 0.5) is 0 Å². The van der Waals surface area contributed by atoms with E-state index in [2.05, 4.69) is 0 Å². The van der Waals surface area contributed by atoms with E-state index in [-0.39, 0.29) is 6.61 Å². The molecule has 1 aromatic carbocycles. The van der Waals surface area contributed by atoms with Gasteiger partial charge in [-0.1, -0.05) is 18.2 Å². The smallest absolute Gasteiger partial charge is 0.326 e. The third-order valence-corrected chi connectivity index (χ3v) is 2.46. The van der Waals surface area contributed by atoms with E-state index in [1.54, 1.807) is 19.1 Å². The zero-order valence-corrected chi connectivity index (χ0v) is 8.93. The molecule has 1 aromatic rings. The Kier molecular flexibility index (Phi) is 2.90. The van der Waals surface area contributed by atoms with Gasteiger partial charge in [-0.2, -0.15) is 0 Å². The molecule has 0 spiro atoms. The fraction of sp³-hybridized carbons (Fsp3) is 0.333. The number of benzene rings is 1. The molecule has 0 radical (unpaired) electrons. The molecule has 0 aliphatic carbocycles. The standard InChI is InChI=1S/C12H12O4/c1-2-15-11(13)9-7-8-5-3-4-6-10(8)16-12(9)14/h3-6,9H,2,7H2,1H3/t9-/m1/s1. The van der Waals surface area contributed by atoms with Crippen molar-refractivity contribution in [2.75, 3.05) is 6.61 Å². The molecule has 0 aromatic heterocycles. The maximum absolute atomic E-state index is 11.6. The van der Waals surface area contributed by atoms with Gasteiger partial charge in [-0.3, -0.25) is 9.59 Å². The van der Waals surface area contributed by atoms with Crippen LogP contribution in [-0.2, 0) is 20.7 Å². The summed E-state index contributed by atoms with van der Waals surface area (Å²) >= 11 is 0. The van der Waals surface area contributed by atoms with E-state index >= 15 is 0 Å².